The Hall–Kier alpha value is -2.47. The van der Waals surface area contributed by atoms with Crippen molar-refractivity contribution >= 4 is 30.5 Å². The lowest BCUT2D eigenvalue weighted by Gasteiger charge is -2.17. The number of aromatic nitrogens is 1. The van der Waals surface area contributed by atoms with Gasteiger partial charge >= 0.3 is 7.60 Å². The number of carbonyl (C=O) groups excluding carboxylic acids is 1. The van der Waals surface area contributed by atoms with Crippen LogP contribution in [0.4, 0.5) is 11.4 Å². The molecule has 0 radical (unpaired) electrons. The highest BCUT2D eigenvalue weighted by Gasteiger charge is 2.25. The Kier molecular flexibility index (Phi) is 6.06. The number of nitrogens with one attached hydrogen (secondary N) is 2. The zero-order chi connectivity index (χ0) is 19.3. The third-order valence-corrected chi connectivity index (χ3v) is 5.98. The van der Waals surface area contributed by atoms with E-state index in [2.05, 4.69) is 15.6 Å². The summed E-state index contributed by atoms with van der Waals surface area (Å²) in [4.78, 5) is 16.3. The van der Waals surface area contributed by atoms with Gasteiger partial charge in [-0.15, -0.1) is 0 Å². The summed E-state index contributed by atoms with van der Waals surface area (Å²) < 4.78 is 23.2. The predicted octanol–water partition coefficient (Wildman–Crippen LogP) is 4.25. The van der Waals surface area contributed by atoms with Crippen molar-refractivity contribution in [3.63, 3.8) is 0 Å². The van der Waals surface area contributed by atoms with Crippen LogP contribution >= 0.6 is 7.60 Å². The summed E-state index contributed by atoms with van der Waals surface area (Å²) >= 11 is 0. The largest absolute Gasteiger partial charge is 0.361 e. The van der Waals surface area contributed by atoms with Crippen LogP contribution in [0.15, 0.2) is 48.8 Å². The summed E-state index contributed by atoms with van der Waals surface area (Å²) in [6, 6.07) is 11.0. The van der Waals surface area contributed by atoms with Crippen LogP contribution in [0.5, 0.6) is 0 Å². The zero-order valence-electron chi connectivity index (χ0n) is 15.3. The van der Waals surface area contributed by atoms with Crippen LogP contribution in [-0.2, 0) is 24.6 Å². The molecule has 0 spiro atoms. The Morgan fingerprint density at radius 2 is 1.85 bits per heavy atom. The molecule has 1 amide bonds. The topological polar surface area (TPSA) is 89.5 Å². The highest BCUT2D eigenvalue weighted by Crippen LogP contribution is 2.51. The Morgan fingerprint density at radius 1 is 1.15 bits per heavy atom. The third kappa shape index (κ3) is 4.63. The fourth-order valence-electron chi connectivity index (χ4n) is 2.76. The van der Waals surface area contributed by atoms with Crippen molar-refractivity contribution < 1.29 is 18.4 Å². The van der Waals surface area contributed by atoms with E-state index in [9.17, 15) is 9.36 Å². The van der Waals surface area contributed by atoms with Crippen molar-refractivity contribution in [2.45, 2.75) is 20.0 Å². The van der Waals surface area contributed by atoms with Crippen LogP contribution in [-0.4, -0.2) is 24.1 Å². The standard InChI is InChI=1S/C19H22N3O4P/c1-3-25-27(24,26-4-2)13-14-7-9-15(10-8-14)21-12-16-18-17(22-19(16)23)6-5-11-20-18/h5-12,21H,3-4,13H2,1-2H3,(H,22,23)/b16-12-. The van der Waals surface area contributed by atoms with Gasteiger partial charge in [-0.3, -0.25) is 14.3 Å². The van der Waals surface area contributed by atoms with Gasteiger partial charge in [-0.05, 0) is 43.7 Å². The Balaban J connectivity index is 1.70. The van der Waals surface area contributed by atoms with Crippen LogP contribution in [0.3, 0.4) is 0 Å². The number of benzene rings is 1. The van der Waals surface area contributed by atoms with Gasteiger partial charge < -0.3 is 19.7 Å². The number of rotatable bonds is 8. The van der Waals surface area contributed by atoms with Crippen LogP contribution in [0.1, 0.15) is 25.1 Å². The summed E-state index contributed by atoms with van der Waals surface area (Å²) in [6.45, 7) is 4.25. The maximum absolute atomic E-state index is 12.6. The minimum Gasteiger partial charge on any atom is -0.361 e. The van der Waals surface area contributed by atoms with Gasteiger partial charge in [0.25, 0.3) is 5.91 Å². The molecule has 1 aromatic heterocycles. The number of nitrogens with zero attached hydrogens (tertiary/aromatic N) is 1. The normalized spacial score (nSPS) is 14.9. The zero-order valence-corrected chi connectivity index (χ0v) is 16.2. The molecule has 8 heteroatoms. The van der Waals surface area contributed by atoms with Crippen molar-refractivity contribution in [2.75, 3.05) is 23.8 Å². The molecule has 142 valence electrons. The van der Waals surface area contributed by atoms with Crippen molar-refractivity contribution in [1.82, 2.24) is 4.98 Å². The third-order valence-electron chi connectivity index (χ3n) is 3.92. The second-order valence-electron chi connectivity index (χ2n) is 5.86. The first-order chi connectivity index (χ1) is 13.0. The lowest BCUT2D eigenvalue weighted by atomic mass is 10.2. The van der Waals surface area contributed by atoms with E-state index in [0.717, 1.165) is 11.3 Å². The van der Waals surface area contributed by atoms with Gasteiger partial charge in [0.1, 0.15) is 5.69 Å². The molecule has 0 bridgehead atoms. The van der Waals surface area contributed by atoms with Gasteiger partial charge in [0.2, 0.25) is 0 Å². The molecule has 1 aliphatic rings. The maximum Gasteiger partial charge on any atom is 0.335 e. The molecular formula is C19H22N3O4P. The molecule has 1 aliphatic heterocycles. The molecule has 1 aromatic carbocycles. The van der Waals surface area contributed by atoms with Gasteiger partial charge in [0.15, 0.2) is 0 Å². The van der Waals surface area contributed by atoms with Crippen molar-refractivity contribution in [2.24, 2.45) is 0 Å². The summed E-state index contributed by atoms with van der Waals surface area (Å²) in [5, 5.41) is 5.88. The fourth-order valence-corrected chi connectivity index (χ4v) is 4.46. The van der Waals surface area contributed by atoms with Gasteiger partial charge in [0, 0.05) is 18.1 Å². The maximum atomic E-state index is 12.6. The molecule has 2 N–H and O–H groups in total. The molecule has 0 unspecified atom stereocenters. The average molecular weight is 387 g/mol. The fraction of sp³-hybridized carbons (Fsp3) is 0.263. The number of anilines is 2. The number of carbonyl (C=O) groups is 1. The number of fused-ring (bicyclic) bond motifs is 1. The van der Waals surface area contributed by atoms with E-state index in [1.807, 2.05) is 30.3 Å². The first kappa shape index (κ1) is 19.3. The van der Waals surface area contributed by atoms with E-state index >= 15 is 0 Å². The average Bonchev–Trinajstić information content (AvgIpc) is 2.96. The van der Waals surface area contributed by atoms with Crippen molar-refractivity contribution in [3.8, 4) is 0 Å². The monoisotopic (exact) mass is 387 g/mol. The summed E-state index contributed by atoms with van der Waals surface area (Å²) in [7, 11) is -3.13. The summed E-state index contributed by atoms with van der Waals surface area (Å²) in [5.74, 6) is -0.192. The Morgan fingerprint density at radius 3 is 2.52 bits per heavy atom. The second-order valence-corrected chi connectivity index (χ2v) is 7.91. The highest BCUT2D eigenvalue weighted by molar-refractivity contribution is 7.53. The lowest BCUT2D eigenvalue weighted by Crippen LogP contribution is -2.05. The number of hydrogen-bond donors (Lipinski definition) is 2. The van der Waals surface area contributed by atoms with Crippen LogP contribution < -0.4 is 10.6 Å². The molecule has 0 atom stereocenters. The number of pyridine rings is 1. The molecule has 0 fully saturated rings. The summed E-state index contributed by atoms with van der Waals surface area (Å²) in [5.41, 5.74) is 3.46. The Bertz CT molecular complexity index is 886. The van der Waals surface area contributed by atoms with E-state index < -0.39 is 7.60 Å². The van der Waals surface area contributed by atoms with Gasteiger partial charge in [0.05, 0.1) is 30.6 Å². The minimum absolute atomic E-state index is 0.192. The molecule has 27 heavy (non-hydrogen) atoms. The summed E-state index contributed by atoms with van der Waals surface area (Å²) in [6.07, 6.45) is 3.50. The molecule has 2 heterocycles. The van der Waals surface area contributed by atoms with Crippen LogP contribution in [0, 0.1) is 0 Å². The molecule has 2 aromatic rings. The van der Waals surface area contributed by atoms with Gasteiger partial charge in [-0.25, -0.2) is 0 Å². The van der Waals surface area contributed by atoms with E-state index in [1.54, 1.807) is 32.3 Å². The molecule has 7 nitrogen and oxygen atoms in total. The molecular weight excluding hydrogens is 365 g/mol. The van der Waals surface area contributed by atoms with Gasteiger partial charge in [-0.2, -0.15) is 0 Å². The quantitative estimate of drug-likeness (QED) is 0.520. The molecule has 0 saturated heterocycles. The van der Waals surface area contributed by atoms with Crippen molar-refractivity contribution in [1.29, 1.82) is 0 Å². The van der Waals surface area contributed by atoms with Crippen molar-refractivity contribution in [3.05, 3.63) is 60.1 Å². The van der Waals surface area contributed by atoms with Crippen LogP contribution in [0.25, 0.3) is 5.57 Å². The predicted molar refractivity (Wildman–Crippen MR) is 105 cm³/mol. The first-order valence-electron chi connectivity index (χ1n) is 8.75. The van der Waals surface area contributed by atoms with E-state index in [0.29, 0.717) is 30.2 Å². The van der Waals surface area contributed by atoms with Gasteiger partial charge in [-0.1, -0.05) is 12.1 Å². The second kappa shape index (κ2) is 8.48. The SMILES string of the molecule is CCOP(=O)(Cc1ccc(N/C=C2\C(=O)Nc3cccnc32)cc1)OCC. The minimum atomic E-state index is -3.13. The van der Waals surface area contributed by atoms with E-state index in [4.69, 9.17) is 9.05 Å². The van der Waals surface area contributed by atoms with E-state index in [-0.39, 0.29) is 12.1 Å². The smallest absolute Gasteiger partial charge is 0.335 e. The molecule has 0 saturated carbocycles. The van der Waals surface area contributed by atoms with Crippen LogP contribution in [0.2, 0.25) is 0 Å². The number of hydrogen-bond acceptors (Lipinski definition) is 6. The first-order valence-corrected chi connectivity index (χ1v) is 10.5. The lowest BCUT2D eigenvalue weighted by molar-refractivity contribution is -0.110. The number of amides is 1. The molecule has 3 rings (SSSR count). The van der Waals surface area contributed by atoms with E-state index in [1.165, 1.54) is 0 Å². The molecule has 0 aliphatic carbocycles. The highest BCUT2D eigenvalue weighted by atomic mass is 31.2. The Labute approximate surface area is 158 Å².